The molecule has 21 heavy (non-hydrogen) atoms. The number of carbonyl (C=O) groups excluding carboxylic acids is 2. The SMILES string of the molecule is C=CCC(NC(=O)CNC(=O)c1ccc(Cl)cc1)C(=O)O. The van der Waals surface area contributed by atoms with E-state index in [9.17, 15) is 14.4 Å². The summed E-state index contributed by atoms with van der Waals surface area (Å²) in [5, 5.41) is 14.0. The highest BCUT2D eigenvalue weighted by molar-refractivity contribution is 6.30. The molecule has 7 heteroatoms. The van der Waals surface area contributed by atoms with Gasteiger partial charge in [0.25, 0.3) is 5.91 Å². The van der Waals surface area contributed by atoms with Crippen LogP contribution >= 0.6 is 11.6 Å². The molecule has 1 aromatic rings. The predicted molar refractivity (Wildman–Crippen MR) is 78.2 cm³/mol. The summed E-state index contributed by atoms with van der Waals surface area (Å²) in [6.07, 6.45) is 1.50. The fourth-order valence-corrected chi connectivity index (χ4v) is 1.62. The molecule has 0 saturated carbocycles. The lowest BCUT2D eigenvalue weighted by Gasteiger charge is -2.12. The quantitative estimate of drug-likeness (QED) is 0.660. The van der Waals surface area contributed by atoms with E-state index in [1.807, 2.05) is 0 Å². The summed E-state index contributed by atoms with van der Waals surface area (Å²) in [7, 11) is 0. The minimum Gasteiger partial charge on any atom is -0.480 e. The van der Waals surface area contributed by atoms with Crippen LogP contribution in [0.5, 0.6) is 0 Å². The summed E-state index contributed by atoms with van der Waals surface area (Å²) >= 11 is 5.70. The first-order valence-electron chi connectivity index (χ1n) is 6.11. The van der Waals surface area contributed by atoms with Crippen molar-refractivity contribution in [2.75, 3.05) is 6.54 Å². The lowest BCUT2D eigenvalue weighted by Crippen LogP contribution is -2.45. The molecule has 0 aliphatic heterocycles. The zero-order valence-electron chi connectivity index (χ0n) is 11.1. The standard InChI is InChI=1S/C14H15ClN2O4/c1-2-3-11(14(20)21)17-12(18)8-16-13(19)9-4-6-10(15)7-5-9/h2,4-7,11H,1,3,8H2,(H,16,19)(H,17,18)(H,20,21). The largest absolute Gasteiger partial charge is 0.480 e. The molecule has 0 radical (unpaired) electrons. The van der Waals surface area contributed by atoms with Gasteiger partial charge >= 0.3 is 5.97 Å². The van der Waals surface area contributed by atoms with E-state index < -0.39 is 23.8 Å². The van der Waals surface area contributed by atoms with Crippen LogP contribution in [0.3, 0.4) is 0 Å². The molecular weight excluding hydrogens is 296 g/mol. The Balaban J connectivity index is 2.48. The zero-order valence-corrected chi connectivity index (χ0v) is 11.9. The minimum absolute atomic E-state index is 0.103. The number of carbonyl (C=O) groups is 3. The van der Waals surface area contributed by atoms with E-state index in [1.54, 1.807) is 12.1 Å². The summed E-state index contributed by atoms with van der Waals surface area (Å²) < 4.78 is 0. The van der Waals surface area contributed by atoms with Crippen molar-refractivity contribution in [2.45, 2.75) is 12.5 Å². The highest BCUT2D eigenvalue weighted by Gasteiger charge is 2.18. The van der Waals surface area contributed by atoms with Crippen molar-refractivity contribution < 1.29 is 19.5 Å². The van der Waals surface area contributed by atoms with E-state index in [0.717, 1.165) is 0 Å². The number of rotatable bonds is 7. The van der Waals surface area contributed by atoms with E-state index in [0.29, 0.717) is 10.6 Å². The molecular formula is C14H15ClN2O4. The van der Waals surface area contributed by atoms with Crippen molar-refractivity contribution in [1.82, 2.24) is 10.6 Å². The van der Waals surface area contributed by atoms with Crippen molar-refractivity contribution in [2.24, 2.45) is 0 Å². The number of hydrogen-bond acceptors (Lipinski definition) is 3. The summed E-state index contributed by atoms with van der Waals surface area (Å²) in [6.45, 7) is 3.10. The van der Waals surface area contributed by atoms with Crippen molar-refractivity contribution >= 4 is 29.4 Å². The van der Waals surface area contributed by atoms with Gasteiger partial charge in [0, 0.05) is 10.6 Å². The van der Waals surface area contributed by atoms with Gasteiger partial charge in [-0.3, -0.25) is 9.59 Å². The number of benzene rings is 1. The molecule has 112 valence electrons. The van der Waals surface area contributed by atoms with Crippen LogP contribution in [-0.2, 0) is 9.59 Å². The number of hydrogen-bond donors (Lipinski definition) is 3. The molecule has 1 rings (SSSR count). The molecule has 0 bridgehead atoms. The highest BCUT2D eigenvalue weighted by atomic mass is 35.5. The molecule has 0 aliphatic carbocycles. The third kappa shape index (κ3) is 5.66. The number of amides is 2. The molecule has 0 heterocycles. The molecule has 1 atom stereocenters. The Morgan fingerprint density at radius 3 is 2.43 bits per heavy atom. The van der Waals surface area contributed by atoms with Gasteiger partial charge in [0.05, 0.1) is 6.54 Å². The van der Waals surface area contributed by atoms with Crippen LogP contribution in [0.1, 0.15) is 16.8 Å². The number of halogens is 1. The summed E-state index contributed by atoms with van der Waals surface area (Å²) in [4.78, 5) is 34.2. The van der Waals surface area contributed by atoms with Crippen LogP contribution in [0.2, 0.25) is 5.02 Å². The number of carboxylic acids is 1. The normalized spacial score (nSPS) is 11.3. The van der Waals surface area contributed by atoms with E-state index in [4.69, 9.17) is 16.7 Å². The van der Waals surface area contributed by atoms with Crippen LogP contribution in [-0.4, -0.2) is 35.5 Å². The molecule has 0 spiro atoms. The summed E-state index contributed by atoms with van der Waals surface area (Å²) in [5.74, 6) is -2.20. The van der Waals surface area contributed by atoms with Crippen molar-refractivity contribution in [3.8, 4) is 0 Å². The lowest BCUT2D eigenvalue weighted by molar-refractivity contribution is -0.141. The average Bonchev–Trinajstić information content (AvgIpc) is 2.45. The van der Waals surface area contributed by atoms with Crippen molar-refractivity contribution in [3.63, 3.8) is 0 Å². The first kappa shape index (κ1) is 16.7. The molecule has 0 aliphatic rings. The second-order valence-electron chi connectivity index (χ2n) is 4.17. The van der Waals surface area contributed by atoms with Gasteiger partial charge in [0.15, 0.2) is 0 Å². The Hall–Kier alpha value is -2.34. The first-order chi connectivity index (χ1) is 9.93. The Labute approximate surface area is 126 Å². The Bertz CT molecular complexity index is 542. The number of nitrogens with one attached hydrogen (secondary N) is 2. The molecule has 0 fully saturated rings. The fourth-order valence-electron chi connectivity index (χ4n) is 1.50. The van der Waals surface area contributed by atoms with Gasteiger partial charge in [-0.25, -0.2) is 4.79 Å². The second kappa shape index (κ2) is 8.06. The van der Waals surface area contributed by atoms with Gasteiger partial charge in [-0.2, -0.15) is 0 Å². The first-order valence-corrected chi connectivity index (χ1v) is 6.48. The maximum absolute atomic E-state index is 11.7. The second-order valence-corrected chi connectivity index (χ2v) is 4.61. The number of aliphatic carboxylic acids is 1. The van der Waals surface area contributed by atoms with Gasteiger partial charge in [-0.15, -0.1) is 6.58 Å². The van der Waals surface area contributed by atoms with Crippen LogP contribution in [0.15, 0.2) is 36.9 Å². The zero-order chi connectivity index (χ0) is 15.8. The maximum Gasteiger partial charge on any atom is 0.326 e. The molecule has 1 aromatic carbocycles. The van der Waals surface area contributed by atoms with Gasteiger partial charge in [-0.05, 0) is 30.7 Å². The van der Waals surface area contributed by atoms with E-state index in [2.05, 4.69) is 17.2 Å². The van der Waals surface area contributed by atoms with Gasteiger partial charge < -0.3 is 15.7 Å². The van der Waals surface area contributed by atoms with Crippen LogP contribution in [0.25, 0.3) is 0 Å². The lowest BCUT2D eigenvalue weighted by atomic mass is 10.2. The van der Waals surface area contributed by atoms with Crippen molar-refractivity contribution in [1.29, 1.82) is 0 Å². The van der Waals surface area contributed by atoms with Crippen LogP contribution in [0, 0.1) is 0 Å². The van der Waals surface area contributed by atoms with E-state index in [1.165, 1.54) is 18.2 Å². The fraction of sp³-hybridized carbons (Fsp3) is 0.214. The molecule has 1 unspecified atom stereocenters. The average molecular weight is 311 g/mol. The monoisotopic (exact) mass is 310 g/mol. The van der Waals surface area contributed by atoms with Gasteiger partial charge in [0.2, 0.25) is 5.91 Å². The molecule has 0 aromatic heterocycles. The van der Waals surface area contributed by atoms with Gasteiger partial charge in [-0.1, -0.05) is 17.7 Å². The highest BCUT2D eigenvalue weighted by Crippen LogP contribution is 2.09. The maximum atomic E-state index is 11.7. The number of carboxylic acid groups (broad SMARTS) is 1. The minimum atomic E-state index is -1.16. The smallest absolute Gasteiger partial charge is 0.326 e. The van der Waals surface area contributed by atoms with Crippen LogP contribution in [0.4, 0.5) is 0 Å². The predicted octanol–water partition coefficient (Wildman–Crippen LogP) is 1.22. The molecule has 3 N–H and O–H groups in total. The van der Waals surface area contributed by atoms with Crippen molar-refractivity contribution in [3.05, 3.63) is 47.5 Å². The third-order valence-electron chi connectivity index (χ3n) is 2.55. The molecule has 6 nitrogen and oxygen atoms in total. The Kier molecular flexibility index (Phi) is 6.42. The summed E-state index contributed by atoms with van der Waals surface area (Å²) in [5.41, 5.74) is 0.355. The topological polar surface area (TPSA) is 95.5 Å². The summed E-state index contributed by atoms with van der Waals surface area (Å²) in [6, 6.07) is 5.10. The Morgan fingerprint density at radius 2 is 1.90 bits per heavy atom. The third-order valence-corrected chi connectivity index (χ3v) is 2.80. The van der Waals surface area contributed by atoms with E-state index >= 15 is 0 Å². The Morgan fingerprint density at radius 1 is 1.29 bits per heavy atom. The van der Waals surface area contributed by atoms with E-state index in [-0.39, 0.29) is 13.0 Å². The van der Waals surface area contributed by atoms with Gasteiger partial charge in [0.1, 0.15) is 6.04 Å². The molecule has 2 amide bonds. The molecule has 0 saturated heterocycles. The van der Waals surface area contributed by atoms with Crippen LogP contribution < -0.4 is 10.6 Å².